The first-order chi connectivity index (χ1) is 25.1. The molecule has 0 unspecified atom stereocenters. The molecule has 4 nitrogen and oxygen atoms in total. The second-order valence-corrected chi connectivity index (χ2v) is 12.5. The smallest absolute Gasteiger partial charge is 0.146 e. The van der Waals surface area contributed by atoms with Gasteiger partial charge in [-0.2, -0.15) is 0 Å². The summed E-state index contributed by atoms with van der Waals surface area (Å²) >= 11 is 0. The van der Waals surface area contributed by atoms with Gasteiger partial charge >= 0.3 is 0 Å². The van der Waals surface area contributed by atoms with Crippen molar-refractivity contribution in [1.29, 1.82) is 0 Å². The third kappa shape index (κ3) is 5.42. The Balaban J connectivity index is 1.31. The van der Waals surface area contributed by atoms with Gasteiger partial charge in [0.2, 0.25) is 0 Å². The minimum Gasteiger partial charge on any atom is -0.292 e. The van der Waals surface area contributed by atoms with E-state index in [-0.39, 0.29) is 0 Å². The van der Waals surface area contributed by atoms with E-state index in [1.165, 1.54) is 0 Å². The molecule has 3 heterocycles. The van der Waals surface area contributed by atoms with Gasteiger partial charge in [0.1, 0.15) is 11.5 Å². The van der Waals surface area contributed by atoms with Crippen molar-refractivity contribution in [2.45, 2.75) is 20.3 Å². The normalized spacial score (nSPS) is 12.0. The van der Waals surface area contributed by atoms with Gasteiger partial charge in [-0.25, -0.2) is 9.97 Å². The summed E-state index contributed by atoms with van der Waals surface area (Å²) in [5.74, 6) is 0.894. The Bertz CT molecular complexity index is 2630. The van der Waals surface area contributed by atoms with Crippen molar-refractivity contribution in [2.75, 3.05) is 0 Å². The summed E-state index contributed by atoms with van der Waals surface area (Å²) in [5.41, 5.74) is 13.5. The first-order valence-electron chi connectivity index (χ1n) is 17.4. The van der Waals surface area contributed by atoms with E-state index in [2.05, 4.69) is 176 Å². The zero-order valence-corrected chi connectivity index (χ0v) is 28.9. The van der Waals surface area contributed by atoms with Gasteiger partial charge in [0.15, 0.2) is 0 Å². The summed E-state index contributed by atoms with van der Waals surface area (Å²) in [6.07, 6.45) is 11.2. The van der Waals surface area contributed by atoms with Crippen LogP contribution in [0.25, 0.3) is 84.6 Å². The fraction of sp³-hybridized carbons (Fsp3) is 0.0638. The third-order valence-corrected chi connectivity index (χ3v) is 9.48. The molecule has 246 valence electrons. The molecule has 0 amide bonds. The Morgan fingerprint density at radius 1 is 0.686 bits per heavy atom. The molecule has 0 aliphatic heterocycles. The highest BCUT2D eigenvalue weighted by Crippen LogP contribution is 2.39. The largest absolute Gasteiger partial charge is 0.292 e. The lowest BCUT2D eigenvalue weighted by molar-refractivity contribution is 1.07. The number of nitrogens with zero attached hydrogens (tertiary/aromatic N) is 4. The second kappa shape index (κ2) is 13.4. The maximum Gasteiger partial charge on any atom is 0.146 e. The minimum absolute atomic E-state index is 0.894. The fourth-order valence-corrected chi connectivity index (χ4v) is 7.23. The van der Waals surface area contributed by atoms with Gasteiger partial charge in [0.25, 0.3) is 0 Å². The lowest BCUT2D eigenvalue weighted by Gasteiger charge is -2.14. The van der Waals surface area contributed by atoms with E-state index in [1.54, 1.807) is 0 Å². The molecule has 3 aromatic heterocycles. The lowest BCUT2D eigenvalue weighted by atomic mass is 9.97. The SMILES string of the molecule is C=Cc1c(C=C)n2c3ccccc3nc2c2cc(-c3ccc(-c4nc(C(/C=C\C)=C/CC)c(-c5ccccc5)n4-c4ccccc4)cc3)ccc12. The van der Waals surface area contributed by atoms with Crippen LogP contribution in [0.2, 0.25) is 0 Å². The number of pyridine rings is 1. The lowest BCUT2D eigenvalue weighted by Crippen LogP contribution is -2.00. The summed E-state index contributed by atoms with van der Waals surface area (Å²) in [6, 6.07) is 44.7. The average molecular weight is 659 g/mol. The molecule has 0 atom stereocenters. The Hall–Kier alpha value is -6.52. The molecule has 0 spiro atoms. The van der Waals surface area contributed by atoms with Crippen LogP contribution in [0, 0.1) is 0 Å². The van der Waals surface area contributed by atoms with Crippen LogP contribution in [0.5, 0.6) is 0 Å². The zero-order chi connectivity index (χ0) is 34.9. The molecule has 0 bridgehead atoms. The number of benzene rings is 5. The van der Waals surface area contributed by atoms with E-state index < -0.39 is 0 Å². The summed E-state index contributed by atoms with van der Waals surface area (Å²) in [6.45, 7) is 12.5. The van der Waals surface area contributed by atoms with Crippen LogP contribution in [-0.2, 0) is 0 Å². The molecule has 8 aromatic rings. The fourth-order valence-electron chi connectivity index (χ4n) is 7.23. The number of allylic oxidation sites excluding steroid dienone is 4. The topological polar surface area (TPSA) is 35.1 Å². The van der Waals surface area contributed by atoms with Crippen molar-refractivity contribution in [3.8, 4) is 39.5 Å². The number of fused-ring (bicyclic) bond motifs is 5. The molecule has 0 aliphatic carbocycles. The van der Waals surface area contributed by atoms with Gasteiger partial charge in [-0.15, -0.1) is 0 Å². The summed E-state index contributed by atoms with van der Waals surface area (Å²) in [5, 5.41) is 2.18. The van der Waals surface area contributed by atoms with E-state index in [0.717, 1.165) is 95.9 Å². The molecule has 0 radical (unpaired) electrons. The Morgan fingerprint density at radius 3 is 2.08 bits per heavy atom. The molecule has 0 saturated heterocycles. The van der Waals surface area contributed by atoms with Crippen molar-refractivity contribution < 1.29 is 0 Å². The van der Waals surface area contributed by atoms with E-state index in [4.69, 9.17) is 9.97 Å². The molecular formula is C47H38N4. The number of aromatic nitrogens is 4. The quantitative estimate of drug-likeness (QED) is 0.145. The number of imidazole rings is 2. The van der Waals surface area contributed by atoms with Crippen LogP contribution in [0.1, 0.15) is 37.2 Å². The molecule has 0 N–H and O–H groups in total. The van der Waals surface area contributed by atoms with Crippen LogP contribution >= 0.6 is 0 Å². The molecule has 5 aromatic carbocycles. The zero-order valence-electron chi connectivity index (χ0n) is 28.9. The molecule has 0 aliphatic rings. The predicted molar refractivity (Wildman–Crippen MR) is 217 cm³/mol. The Morgan fingerprint density at radius 2 is 1.37 bits per heavy atom. The van der Waals surface area contributed by atoms with Crippen LogP contribution in [0.4, 0.5) is 0 Å². The standard InChI is InChI=1S/C47H38N4/c1-5-17-33(18-6-2)44-45(34-19-11-9-12-20-34)50(37-21-13-10-14-22-37)46(49-44)35-27-25-32(26-28-35)36-29-30-39-38(7-3)42(8-4)51-43-24-16-15-23-41(43)48-47(51)40(39)31-36/h5,7-31H,3-4,6H2,1-2H3/b17-5-,33-18+. The van der Waals surface area contributed by atoms with Gasteiger partial charge in [-0.05, 0) is 71.8 Å². The Labute approximate surface area is 298 Å². The monoisotopic (exact) mass is 658 g/mol. The third-order valence-electron chi connectivity index (χ3n) is 9.48. The second-order valence-electron chi connectivity index (χ2n) is 12.5. The minimum atomic E-state index is 0.894. The summed E-state index contributed by atoms with van der Waals surface area (Å²) < 4.78 is 4.51. The van der Waals surface area contributed by atoms with E-state index in [1.807, 2.05) is 18.2 Å². The van der Waals surface area contributed by atoms with Crippen molar-refractivity contribution in [3.63, 3.8) is 0 Å². The summed E-state index contributed by atoms with van der Waals surface area (Å²) in [7, 11) is 0. The van der Waals surface area contributed by atoms with Crippen molar-refractivity contribution in [3.05, 3.63) is 176 Å². The van der Waals surface area contributed by atoms with Gasteiger partial charge in [-0.3, -0.25) is 8.97 Å². The first kappa shape index (κ1) is 31.7. The number of hydrogen-bond donors (Lipinski definition) is 0. The van der Waals surface area contributed by atoms with E-state index in [9.17, 15) is 0 Å². The van der Waals surface area contributed by atoms with Gasteiger partial charge in [0, 0.05) is 27.8 Å². The maximum atomic E-state index is 5.42. The van der Waals surface area contributed by atoms with Gasteiger partial charge in [0.05, 0.1) is 28.1 Å². The van der Waals surface area contributed by atoms with Crippen molar-refractivity contribution in [2.24, 2.45) is 0 Å². The molecule has 8 rings (SSSR count). The molecule has 51 heavy (non-hydrogen) atoms. The van der Waals surface area contributed by atoms with E-state index >= 15 is 0 Å². The van der Waals surface area contributed by atoms with Crippen LogP contribution in [-0.4, -0.2) is 18.9 Å². The van der Waals surface area contributed by atoms with Crippen molar-refractivity contribution in [1.82, 2.24) is 18.9 Å². The summed E-state index contributed by atoms with van der Waals surface area (Å²) in [4.78, 5) is 10.5. The highest BCUT2D eigenvalue weighted by Gasteiger charge is 2.23. The molecule has 0 saturated carbocycles. The van der Waals surface area contributed by atoms with Crippen LogP contribution in [0.15, 0.2) is 159 Å². The number of hydrogen-bond acceptors (Lipinski definition) is 2. The maximum absolute atomic E-state index is 5.42. The number of rotatable bonds is 9. The Kier molecular flexibility index (Phi) is 8.35. The van der Waals surface area contributed by atoms with Crippen LogP contribution in [0.3, 0.4) is 0 Å². The predicted octanol–water partition coefficient (Wildman–Crippen LogP) is 12.5. The molecule has 4 heteroatoms. The van der Waals surface area contributed by atoms with E-state index in [0.29, 0.717) is 0 Å². The van der Waals surface area contributed by atoms with Crippen molar-refractivity contribution >= 4 is 45.2 Å². The number of para-hydroxylation sites is 3. The first-order valence-corrected chi connectivity index (χ1v) is 17.4. The van der Waals surface area contributed by atoms with Gasteiger partial charge < -0.3 is 0 Å². The molecular weight excluding hydrogens is 621 g/mol. The van der Waals surface area contributed by atoms with Gasteiger partial charge in [-0.1, -0.05) is 141 Å². The highest BCUT2D eigenvalue weighted by atomic mass is 15.1. The highest BCUT2D eigenvalue weighted by molar-refractivity contribution is 6.06. The molecule has 0 fully saturated rings. The average Bonchev–Trinajstić information content (AvgIpc) is 3.78. The van der Waals surface area contributed by atoms with Crippen LogP contribution < -0.4 is 0 Å².